The second-order valence-corrected chi connectivity index (χ2v) is 7.66. The molecule has 122 valence electrons. The molecule has 1 fully saturated rings. The van der Waals surface area contributed by atoms with Crippen LogP contribution in [0.4, 0.5) is 8.68 Å². The molecule has 2 amide bonds. The Morgan fingerprint density at radius 3 is 2.48 bits per heavy atom. The molecule has 1 aliphatic heterocycles. The highest BCUT2D eigenvalue weighted by Crippen LogP contribution is 2.19. The van der Waals surface area contributed by atoms with Gasteiger partial charge in [0.25, 0.3) is 0 Å². The molecule has 0 aromatic carbocycles. The maximum atomic E-state index is 12.9. The van der Waals surface area contributed by atoms with Crippen molar-refractivity contribution in [3.8, 4) is 0 Å². The van der Waals surface area contributed by atoms with Gasteiger partial charge in [-0.05, 0) is 20.8 Å². The van der Waals surface area contributed by atoms with Crippen LogP contribution < -0.4 is 0 Å². The van der Waals surface area contributed by atoms with Crippen LogP contribution in [-0.4, -0.2) is 67.8 Å². The largest absolute Gasteiger partial charge is 0.444 e. The highest BCUT2D eigenvalue weighted by Gasteiger charge is 2.38. The van der Waals surface area contributed by atoms with E-state index in [2.05, 4.69) is 0 Å². The summed E-state index contributed by atoms with van der Waals surface area (Å²) in [6.45, 7) is 5.35. The lowest BCUT2D eigenvalue weighted by atomic mass is 10.2. The summed E-state index contributed by atoms with van der Waals surface area (Å²) in [6.07, 6.45) is -0.890. The van der Waals surface area contributed by atoms with Gasteiger partial charge in [-0.15, -0.1) is 3.89 Å². The summed E-state index contributed by atoms with van der Waals surface area (Å²) in [5, 5.41) is -1.31. The number of hydrogen-bond acceptors (Lipinski definition) is 5. The summed E-state index contributed by atoms with van der Waals surface area (Å²) in [7, 11) is -3.20. The van der Waals surface area contributed by atoms with Gasteiger partial charge in [0.05, 0.1) is 0 Å². The molecule has 1 saturated heterocycles. The molecule has 0 N–H and O–H groups in total. The maximum Gasteiger partial charge on any atom is 0.410 e. The summed E-state index contributed by atoms with van der Waals surface area (Å²) in [4.78, 5) is 25.8. The molecule has 1 heterocycles. The molecular weight excluding hydrogens is 303 g/mol. The minimum absolute atomic E-state index is 0.139. The molecule has 9 heteroatoms. The fourth-order valence-corrected chi connectivity index (χ4v) is 2.54. The van der Waals surface area contributed by atoms with Crippen LogP contribution in [0.15, 0.2) is 0 Å². The van der Waals surface area contributed by atoms with Gasteiger partial charge in [0.15, 0.2) is 0 Å². The fraction of sp³-hybridized carbons (Fsp3) is 0.833. The molecule has 1 unspecified atom stereocenters. The standard InChI is InChI=1S/C12H21FN2O5S/c1-12(2,3)20-11(17)14(4)5-6-15-8-9(7-10(15)16)21(13,18)19/h9H,5-8H2,1-4H3. The van der Waals surface area contributed by atoms with E-state index in [1.54, 1.807) is 20.8 Å². The third-order valence-electron chi connectivity index (χ3n) is 2.99. The van der Waals surface area contributed by atoms with E-state index in [1.165, 1.54) is 16.8 Å². The van der Waals surface area contributed by atoms with Gasteiger partial charge in [-0.2, -0.15) is 8.42 Å². The number of rotatable bonds is 4. The molecular formula is C12H21FN2O5S. The van der Waals surface area contributed by atoms with Crippen molar-refractivity contribution in [2.75, 3.05) is 26.7 Å². The minimum Gasteiger partial charge on any atom is -0.444 e. The van der Waals surface area contributed by atoms with Gasteiger partial charge in [0.2, 0.25) is 5.91 Å². The molecule has 0 saturated carbocycles. The SMILES string of the molecule is CN(CCN1CC(S(=O)(=O)F)CC1=O)C(=O)OC(C)(C)C. The Balaban J connectivity index is 2.49. The van der Waals surface area contributed by atoms with Crippen molar-refractivity contribution in [1.29, 1.82) is 0 Å². The number of amides is 2. The lowest BCUT2D eigenvalue weighted by Crippen LogP contribution is -2.40. The number of nitrogens with zero attached hydrogens (tertiary/aromatic N) is 2. The lowest BCUT2D eigenvalue weighted by Gasteiger charge is -2.26. The van der Waals surface area contributed by atoms with E-state index in [4.69, 9.17) is 4.74 Å². The van der Waals surface area contributed by atoms with Crippen LogP contribution in [0.1, 0.15) is 27.2 Å². The van der Waals surface area contributed by atoms with Crippen LogP contribution in [-0.2, 0) is 19.8 Å². The van der Waals surface area contributed by atoms with Gasteiger partial charge >= 0.3 is 16.3 Å². The molecule has 0 aromatic rings. The molecule has 1 aliphatic rings. The Morgan fingerprint density at radius 2 is 2.05 bits per heavy atom. The van der Waals surface area contributed by atoms with Crippen LogP contribution in [0.5, 0.6) is 0 Å². The van der Waals surface area contributed by atoms with Gasteiger partial charge < -0.3 is 14.5 Å². The van der Waals surface area contributed by atoms with Crippen LogP contribution in [0.25, 0.3) is 0 Å². The van der Waals surface area contributed by atoms with Crippen LogP contribution in [0, 0.1) is 0 Å². The van der Waals surface area contributed by atoms with Gasteiger partial charge in [0, 0.05) is 33.1 Å². The molecule has 0 spiro atoms. The molecule has 1 rings (SSSR count). The summed E-state index contributed by atoms with van der Waals surface area (Å²) >= 11 is 0. The molecule has 0 aromatic heterocycles. The average Bonchev–Trinajstić information content (AvgIpc) is 2.65. The van der Waals surface area contributed by atoms with E-state index in [1.807, 2.05) is 0 Å². The maximum absolute atomic E-state index is 12.9. The van der Waals surface area contributed by atoms with E-state index in [9.17, 15) is 21.9 Å². The smallest absolute Gasteiger partial charge is 0.410 e. The van der Waals surface area contributed by atoms with Gasteiger partial charge in [-0.1, -0.05) is 0 Å². The zero-order chi connectivity index (χ0) is 16.4. The quantitative estimate of drug-likeness (QED) is 0.713. The Bertz CT molecular complexity index is 514. The monoisotopic (exact) mass is 324 g/mol. The predicted molar refractivity (Wildman–Crippen MR) is 73.9 cm³/mol. The summed E-state index contributed by atoms with van der Waals surface area (Å²) in [5.74, 6) is -0.432. The first-order chi connectivity index (χ1) is 9.40. The van der Waals surface area contributed by atoms with Gasteiger partial charge in [-0.3, -0.25) is 4.79 Å². The zero-order valence-electron chi connectivity index (χ0n) is 12.6. The van der Waals surface area contributed by atoms with Crippen LogP contribution in [0.3, 0.4) is 0 Å². The lowest BCUT2D eigenvalue weighted by molar-refractivity contribution is -0.127. The van der Waals surface area contributed by atoms with E-state index in [0.29, 0.717) is 0 Å². The molecule has 21 heavy (non-hydrogen) atoms. The topological polar surface area (TPSA) is 84.0 Å². The molecule has 7 nitrogen and oxygen atoms in total. The molecule has 1 atom stereocenters. The van der Waals surface area contributed by atoms with E-state index >= 15 is 0 Å². The van der Waals surface area contributed by atoms with Crippen LogP contribution >= 0.6 is 0 Å². The van der Waals surface area contributed by atoms with Crippen molar-refractivity contribution in [2.24, 2.45) is 0 Å². The van der Waals surface area contributed by atoms with E-state index < -0.39 is 33.1 Å². The number of likely N-dealkylation sites (tertiary alicyclic amines) is 1. The molecule has 0 bridgehead atoms. The first kappa shape index (κ1) is 17.7. The number of carbonyl (C=O) groups is 2. The van der Waals surface area contributed by atoms with Crippen molar-refractivity contribution in [3.05, 3.63) is 0 Å². The highest BCUT2D eigenvalue weighted by atomic mass is 32.3. The van der Waals surface area contributed by atoms with Crippen molar-refractivity contribution in [1.82, 2.24) is 9.80 Å². The second-order valence-electron chi connectivity index (χ2n) is 6.04. The first-order valence-electron chi connectivity index (χ1n) is 6.55. The minimum atomic E-state index is -4.72. The number of ether oxygens (including phenoxy) is 1. The van der Waals surface area contributed by atoms with Gasteiger partial charge in [-0.25, -0.2) is 4.79 Å². The van der Waals surface area contributed by atoms with Crippen molar-refractivity contribution < 1.29 is 26.6 Å². The average molecular weight is 324 g/mol. The van der Waals surface area contributed by atoms with Crippen LogP contribution in [0.2, 0.25) is 0 Å². The Kier molecular flexibility index (Phi) is 5.19. The number of likely N-dealkylation sites (N-methyl/N-ethyl adjacent to an activating group) is 1. The normalized spacial score (nSPS) is 19.8. The predicted octanol–water partition coefficient (Wildman–Crippen LogP) is 0.753. The number of hydrogen-bond donors (Lipinski definition) is 0. The third-order valence-corrected chi connectivity index (χ3v) is 4.10. The Hall–Kier alpha value is -1.38. The van der Waals surface area contributed by atoms with E-state index in [0.717, 1.165) is 0 Å². The number of halogens is 1. The first-order valence-corrected chi connectivity index (χ1v) is 8.00. The van der Waals surface area contributed by atoms with Crippen molar-refractivity contribution >= 4 is 22.2 Å². The van der Waals surface area contributed by atoms with E-state index in [-0.39, 0.29) is 26.1 Å². The van der Waals surface area contributed by atoms with Gasteiger partial charge in [0.1, 0.15) is 10.9 Å². The summed E-state index contributed by atoms with van der Waals surface area (Å²) in [6, 6.07) is 0. The zero-order valence-corrected chi connectivity index (χ0v) is 13.4. The molecule has 0 radical (unpaired) electrons. The van der Waals surface area contributed by atoms with Crippen molar-refractivity contribution in [2.45, 2.75) is 38.0 Å². The fourth-order valence-electron chi connectivity index (χ4n) is 1.84. The number of carbonyl (C=O) groups excluding carboxylic acids is 2. The summed E-state index contributed by atoms with van der Waals surface area (Å²) in [5.41, 5.74) is -0.623. The molecule has 0 aliphatic carbocycles. The third kappa shape index (κ3) is 5.49. The Labute approximate surface area is 124 Å². The highest BCUT2D eigenvalue weighted by molar-refractivity contribution is 7.87. The Morgan fingerprint density at radius 1 is 1.48 bits per heavy atom. The van der Waals surface area contributed by atoms with Crippen molar-refractivity contribution in [3.63, 3.8) is 0 Å². The second kappa shape index (κ2) is 6.17. The summed E-state index contributed by atoms with van der Waals surface area (Å²) < 4.78 is 39.6.